The SMILES string of the molecule is COc1ccc(/C=C/CN2CC[C@@]3(CO)CCCN(C)[C@@H]3C2)cc1. The number of methoxy groups -OCH3 is 1. The molecule has 1 N–H and O–H groups in total. The van der Waals surface area contributed by atoms with Gasteiger partial charge in [-0.1, -0.05) is 24.3 Å². The molecule has 0 unspecified atom stereocenters. The minimum Gasteiger partial charge on any atom is -0.497 e. The number of benzene rings is 1. The Morgan fingerprint density at radius 3 is 2.75 bits per heavy atom. The van der Waals surface area contributed by atoms with Crippen LogP contribution in [0.25, 0.3) is 6.08 Å². The van der Waals surface area contributed by atoms with E-state index in [1.807, 2.05) is 12.1 Å². The smallest absolute Gasteiger partial charge is 0.118 e. The molecule has 2 heterocycles. The first-order chi connectivity index (χ1) is 11.7. The van der Waals surface area contributed by atoms with Crippen LogP contribution in [0.15, 0.2) is 30.3 Å². The van der Waals surface area contributed by atoms with Crippen LogP contribution >= 0.6 is 0 Å². The first kappa shape index (κ1) is 17.5. The highest BCUT2D eigenvalue weighted by atomic mass is 16.5. The van der Waals surface area contributed by atoms with Gasteiger partial charge in [0.15, 0.2) is 0 Å². The third kappa shape index (κ3) is 3.66. The molecule has 0 bridgehead atoms. The van der Waals surface area contributed by atoms with Gasteiger partial charge < -0.3 is 14.7 Å². The Morgan fingerprint density at radius 1 is 1.25 bits per heavy atom. The summed E-state index contributed by atoms with van der Waals surface area (Å²) in [7, 11) is 3.90. The molecular weight excluding hydrogens is 300 g/mol. The second-order valence-corrected chi connectivity index (χ2v) is 7.31. The molecule has 2 saturated heterocycles. The van der Waals surface area contributed by atoms with E-state index in [9.17, 15) is 5.11 Å². The maximum Gasteiger partial charge on any atom is 0.118 e. The lowest BCUT2D eigenvalue weighted by molar-refractivity contribution is -0.0643. The maximum absolute atomic E-state index is 9.98. The Balaban J connectivity index is 1.57. The summed E-state index contributed by atoms with van der Waals surface area (Å²) in [6, 6.07) is 8.63. The van der Waals surface area contributed by atoms with E-state index in [-0.39, 0.29) is 5.41 Å². The van der Waals surface area contributed by atoms with Crippen LogP contribution in [0.2, 0.25) is 0 Å². The zero-order chi connectivity index (χ0) is 17.0. The van der Waals surface area contributed by atoms with Gasteiger partial charge >= 0.3 is 0 Å². The minimum absolute atomic E-state index is 0.128. The number of hydrogen-bond acceptors (Lipinski definition) is 4. The van der Waals surface area contributed by atoms with Gasteiger partial charge in [0, 0.05) is 24.5 Å². The number of likely N-dealkylation sites (N-methyl/N-ethyl adjacent to an activating group) is 1. The Kier molecular flexibility index (Phi) is 5.59. The number of fused-ring (bicyclic) bond motifs is 1. The first-order valence-electron chi connectivity index (χ1n) is 9.01. The number of hydrogen-bond donors (Lipinski definition) is 1. The van der Waals surface area contributed by atoms with Crippen LogP contribution < -0.4 is 4.74 Å². The molecule has 0 spiro atoms. The third-order valence-electron chi connectivity index (χ3n) is 5.89. The molecule has 0 aliphatic carbocycles. The van der Waals surface area contributed by atoms with Crippen molar-refractivity contribution in [1.82, 2.24) is 9.80 Å². The second-order valence-electron chi connectivity index (χ2n) is 7.31. The summed E-state index contributed by atoms with van der Waals surface area (Å²) in [5.41, 5.74) is 1.33. The lowest BCUT2D eigenvalue weighted by atomic mass is 9.69. The van der Waals surface area contributed by atoms with Gasteiger partial charge in [0.25, 0.3) is 0 Å². The van der Waals surface area contributed by atoms with Crippen LogP contribution in [0, 0.1) is 5.41 Å². The number of piperidine rings is 2. The van der Waals surface area contributed by atoms with Crippen LogP contribution in [0.1, 0.15) is 24.8 Å². The van der Waals surface area contributed by atoms with E-state index in [2.05, 4.69) is 41.1 Å². The molecule has 132 valence electrons. The molecule has 0 aromatic heterocycles. The Bertz CT molecular complexity index is 557. The van der Waals surface area contributed by atoms with Gasteiger partial charge in [-0.15, -0.1) is 0 Å². The van der Waals surface area contributed by atoms with E-state index in [0.717, 1.165) is 38.3 Å². The Morgan fingerprint density at radius 2 is 2.04 bits per heavy atom. The normalized spacial score (nSPS) is 28.9. The number of aliphatic hydroxyl groups excluding tert-OH is 1. The average molecular weight is 330 g/mol. The molecule has 4 nitrogen and oxygen atoms in total. The monoisotopic (exact) mass is 330 g/mol. The molecule has 1 aromatic rings. The topological polar surface area (TPSA) is 35.9 Å². The summed E-state index contributed by atoms with van der Waals surface area (Å²) >= 11 is 0. The summed E-state index contributed by atoms with van der Waals surface area (Å²) in [6.45, 7) is 4.60. The van der Waals surface area contributed by atoms with E-state index in [1.165, 1.54) is 18.4 Å². The van der Waals surface area contributed by atoms with E-state index >= 15 is 0 Å². The molecule has 0 radical (unpaired) electrons. The summed E-state index contributed by atoms with van der Waals surface area (Å²) in [6.07, 6.45) is 7.92. The van der Waals surface area contributed by atoms with Gasteiger partial charge in [0.05, 0.1) is 13.7 Å². The molecule has 24 heavy (non-hydrogen) atoms. The van der Waals surface area contributed by atoms with Crippen molar-refractivity contribution in [2.45, 2.75) is 25.3 Å². The largest absolute Gasteiger partial charge is 0.497 e. The molecule has 3 rings (SSSR count). The van der Waals surface area contributed by atoms with E-state index < -0.39 is 0 Å². The van der Waals surface area contributed by atoms with Gasteiger partial charge in [0.2, 0.25) is 0 Å². The number of nitrogens with zero attached hydrogens (tertiary/aromatic N) is 2. The predicted molar refractivity (Wildman–Crippen MR) is 98.3 cm³/mol. The second kappa shape index (κ2) is 7.68. The summed E-state index contributed by atoms with van der Waals surface area (Å²) in [5, 5.41) is 9.98. The van der Waals surface area contributed by atoms with Crippen molar-refractivity contribution in [3.8, 4) is 5.75 Å². The van der Waals surface area contributed by atoms with Crippen molar-refractivity contribution < 1.29 is 9.84 Å². The van der Waals surface area contributed by atoms with Crippen LogP contribution in [-0.4, -0.2) is 67.9 Å². The van der Waals surface area contributed by atoms with Crippen molar-refractivity contribution in [2.75, 3.05) is 46.9 Å². The summed E-state index contributed by atoms with van der Waals surface area (Å²) < 4.78 is 5.19. The van der Waals surface area contributed by atoms with Crippen LogP contribution in [0.4, 0.5) is 0 Å². The molecule has 2 aliphatic rings. The highest BCUT2D eigenvalue weighted by molar-refractivity contribution is 5.50. The van der Waals surface area contributed by atoms with E-state index in [4.69, 9.17) is 4.74 Å². The van der Waals surface area contributed by atoms with Gasteiger partial charge in [-0.2, -0.15) is 0 Å². The fraction of sp³-hybridized carbons (Fsp3) is 0.600. The minimum atomic E-state index is 0.128. The molecule has 0 saturated carbocycles. The van der Waals surface area contributed by atoms with Gasteiger partial charge in [-0.3, -0.25) is 4.90 Å². The van der Waals surface area contributed by atoms with Crippen molar-refractivity contribution >= 4 is 6.08 Å². The number of aliphatic hydroxyl groups is 1. The van der Waals surface area contributed by atoms with Crippen molar-refractivity contribution in [1.29, 1.82) is 0 Å². The Labute approximate surface area is 145 Å². The quantitative estimate of drug-likeness (QED) is 0.900. The molecule has 2 aliphatic heterocycles. The standard InChI is InChI=1S/C20H30N2O2/c1-21-12-4-10-20(16-23)11-14-22(15-19(20)21)13-3-5-17-6-8-18(24-2)9-7-17/h3,5-9,19,23H,4,10-16H2,1-2H3/b5-3+/t19-,20-/m1/s1. The fourth-order valence-electron chi connectivity index (χ4n) is 4.29. The maximum atomic E-state index is 9.98. The van der Waals surface area contributed by atoms with Crippen molar-refractivity contribution in [3.63, 3.8) is 0 Å². The molecule has 4 heteroatoms. The highest BCUT2D eigenvalue weighted by Gasteiger charge is 2.46. The lowest BCUT2D eigenvalue weighted by Gasteiger charge is -2.53. The van der Waals surface area contributed by atoms with Crippen molar-refractivity contribution in [2.24, 2.45) is 5.41 Å². The van der Waals surface area contributed by atoms with Crippen LogP contribution in [0.3, 0.4) is 0 Å². The number of likely N-dealkylation sites (tertiary alicyclic amines) is 2. The van der Waals surface area contributed by atoms with E-state index in [0.29, 0.717) is 12.6 Å². The molecular formula is C20H30N2O2. The van der Waals surface area contributed by atoms with Crippen LogP contribution in [-0.2, 0) is 0 Å². The molecule has 2 fully saturated rings. The lowest BCUT2D eigenvalue weighted by Crippen LogP contribution is -2.61. The summed E-state index contributed by atoms with van der Waals surface area (Å²) in [4.78, 5) is 4.97. The number of ether oxygens (including phenoxy) is 1. The summed E-state index contributed by atoms with van der Waals surface area (Å²) in [5.74, 6) is 0.892. The van der Waals surface area contributed by atoms with Crippen molar-refractivity contribution in [3.05, 3.63) is 35.9 Å². The molecule has 1 aromatic carbocycles. The zero-order valence-corrected chi connectivity index (χ0v) is 14.9. The first-order valence-corrected chi connectivity index (χ1v) is 9.01. The van der Waals surface area contributed by atoms with Gasteiger partial charge in [0.1, 0.15) is 5.75 Å². The number of rotatable bonds is 5. The van der Waals surface area contributed by atoms with E-state index in [1.54, 1.807) is 7.11 Å². The van der Waals surface area contributed by atoms with Gasteiger partial charge in [-0.25, -0.2) is 0 Å². The highest BCUT2D eigenvalue weighted by Crippen LogP contribution is 2.41. The predicted octanol–water partition coefficient (Wildman–Crippen LogP) is 2.49. The van der Waals surface area contributed by atoms with Crippen LogP contribution in [0.5, 0.6) is 5.75 Å². The Hall–Kier alpha value is -1.36. The fourth-order valence-corrected chi connectivity index (χ4v) is 4.29. The van der Waals surface area contributed by atoms with Gasteiger partial charge in [-0.05, 0) is 57.1 Å². The zero-order valence-electron chi connectivity index (χ0n) is 14.9. The third-order valence-corrected chi connectivity index (χ3v) is 5.89. The molecule has 2 atom stereocenters. The molecule has 0 amide bonds. The average Bonchev–Trinajstić information content (AvgIpc) is 2.63.